The van der Waals surface area contributed by atoms with Crippen LogP contribution in [0.1, 0.15) is 36.6 Å². The number of amides is 1. The van der Waals surface area contributed by atoms with Crippen molar-refractivity contribution in [3.63, 3.8) is 0 Å². The first-order valence-electron chi connectivity index (χ1n) is 7.20. The summed E-state index contributed by atoms with van der Waals surface area (Å²) in [6.45, 7) is 4.93. The van der Waals surface area contributed by atoms with Gasteiger partial charge in [0.15, 0.2) is 5.13 Å². The van der Waals surface area contributed by atoms with Gasteiger partial charge in [0.25, 0.3) is 0 Å². The van der Waals surface area contributed by atoms with E-state index in [1.807, 2.05) is 17.5 Å². The third kappa shape index (κ3) is 3.66. The Bertz CT molecular complexity index is 656. The third-order valence-corrected chi connectivity index (χ3v) is 4.52. The van der Waals surface area contributed by atoms with Gasteiger partial charge < -0.3 is 10.6 Å². The second-order valence-corrected chi connectivity index (χ2v) is 6.49. The Balaban J connectivity index is 0.00000176. The molecule has 0 fully saturated rings. The maximum absolute atomic E-state index is 12.3. The summed E-state index contributed by atoms with van der Waals surface area (Å²) >= 11 is 1.48. The molecule has 0 saturated carbocycles. The summed E-state index contributed by atoms with van der Waals surface area (Å²) in [6, 6.07) is 8.06. The van der Waals surface area contributed by atoms with Gasteiger partial charge in [-0.1, -0.05) is 38.1 Å². The molecule has 6 heteroatoms. The van der Waals surface area contributed by atoms with E-state index in [9.17, 15) is 4.79 Å². The van der Waals surface area contributed by atoms with E-state index in [0.717, 1.165) is 18.7 Å². The number of thiazole rings is 1. The van der Waals surface area contributed by atoms with Crippen LogP contribution in [0.3, 0.4) is 0 Å². The molecule has 1 atom stereocenters. The number of nitrogens with zero attached hydrogens (tertiary/aromatic N) is 1. The van der Waals surface area contributed by atoms with E-state index in [4.69, 9.17) is 0 Å². The summed E-state index contributed by atoms with van der Waals surface area (Å²) in [5.74, 6) is 0.376. The molecule has 3 rings (SSSR count). The molecule has 2 N–H and O–H groups in total. The number of anilines is 1. The number of hydrogen-bond acceptors (Lipinski definition) is 4. The van der Waals surface area contributed by atoms with Gasteiger partial charge in [0.1, 0.15) is 0 Å². The van der Waals surface area contributed by atoms with Crippen molar-refractivity contribution in [2.24, 2.45) is 0 Å². The van der Waals surface area contributed by atoms with Crippen LogP contribution in [-0.4, -0.2) is 16.9 Å². The van der Waals surface area contributed by atoms with E-state index in [1.54, 1.807) is 0 Å². The lowest BCUT2D eigenvalue weighted by atomic mass is 9.95. The number of aromatic nitrogens is 1. The van der Waals surface area contributed by atoms with Crippen molar-refractivity contribution < 1.29 is 4.79 Å². The Hall–Kier alpha value is -1.43. The molecule has 1 unspecified atom stereocenters. The zero-order valence-electron chi connectivity index (χ0n) is 12.6. The minimum absolute atomic E-state index is 0. The lowest BCUT2D eigenvalue weighted by Gasteiger charge is -2.24. The van der Waals surface area contributed by atoms with E-state index in [1.165, 1.54) is 22.5 Å². The van der Waals surface area contributed by atoms with Crippen molar-refractivity contribution in [2.75, 3.05) is 5.32 Å². The average Bonchev–Trinajstić information content (AvgIpc) is 2.95. The molecule has 22 heavy (non-hydrogen) atoms. The van der Waals surface area contributed by atoms with E-state index in [-0.39, 0.29) is 24.4 Å². The Morgan fingerprint density at radius 3 is 2.77 bits per heavy atom. The Morgan fingerprint density at radius 2 is 2.09 bits per heavy atom. The molecule has 0 spiro atoms. The van der Waals surface area contributed by atoms with Crippen molar-refractivity contribution in [3.8, 4) is 0 Å². The van der Waals surface area contributed by atoms with Crippen LogP contribution in [0.4, 0.5) is 5.13 Å². The van der Waals surface area contributed by atoms with E-state index in [2.05, 4.69) is 41.6 Å². The lowest BCUT2D eigenvalue weighted by molar-refractivity contribution is -0.118. The van der Waals surface area contributed by atoms with Crippen molar-refractivity contribution >= 4 is 34.8 Å². The van der Waals surface area contributed by atoms with Crippen molar-refractivity contribution in [2.45, 2.75) is 38.8 Å². The first kappa shape index (κ1) is 16.9. The first-order valence-corrected chi connectivity index (χ1v) is 8.08. The molecular formula is C16H20ClN3OS. The highest BCUT2D eigenvalue weighted by Gasteiger charge is 2.24. The molecule has 2 aromatic rings. The molecule has 0 bridgehead atoms. The number of carbonyl (C=O) groups is 1. The average molecular weight is 338 g/mol. The number of rotatable bonds is 3. The largest absolute Gasteiger partial charge is 0.301 e. The number of nitrogens with one attached hydrogen (secondary N) is 2. The van der Waals surface area contributed by atoms with Crippen LogP contribution in [0, 0.1) is 0 Å². The van der Waals surface area contributed by atoms with Gasteiger partial charge in [-0.2, -0.15) is 0 Å². The smallest absolute Gasteiger partial charge is 0.243 e. The predicted molar refractivity (Wildman–Crippen MR) is 92.9 cm³/mol. The van der Waals surface area contributed by atoms with Gasteiger partial charge in [0.05, 0.1) is 11.7 Å². The molecular weight excluding hydrogens is 318 g/mol. The highest BCUT2D eigenvalue weighted by Crippen LogP contribution is 2.22. The Labute approximate surface area is 140 Å². The molecule has 1 aromatic heterocycles. The van der Waals surface area contributed by atoms with Crippen LogP contribution in [0.15, 0.2) is 29.6 Å². The van der Waals surface area contributed by atoms with E-state index < -0.39 is 0 Å². The first-order chi connectivity index (χ1) is 10.1. The van der Waals surface area contributed by atoms with E-state index >= 15 is 0 Å². The fourth-order valence-corrected chi connectivity index (χ4v) is 3.32. The van der Waals surface area contributed by atoms with Crippen LogP contribution in [0.2, 0.25) is 0 Å². The number of benzene rings is 1. The van der Waals surface area contributed by atoms with Gasteiger partial charge in [0, 0.05) is 11.9 Å². The highest BCUT2D eigenvalue weighted by atomic mass is 35.5. The fraction of sp³-hybridized carbons (Fsp3) is 0.375. The summed E-state index contributed by atoms with van der Waals surface area (Å²) < 4.78 is 0. The summed E-state index contributed by atoms with van der Waals surface area (Å²) in [5, 5.41) is 8.90. The highest BCUT2D eigenvalue weighted by molar-refractivity contribution is 7.13. The molecule has 4 nitrogen and oxygen atoms in total. The SMILES string of the molecule is CC(C)c1csc(NC(=O)C2Cc3ccccc3CN2)n1.Cl. The van der Waals surface area contributed by atoms with E-state index in [0.29, 0.717) is 11.0 Å². The monoisotopic (exact) mass is 337 g/mol. The normalized spacial score (nSPS) is 16.8. The number of carbonyl (C=O) groups excluding carboxylic acids is 1. The van der Waals surface area contributed by atoms with Crippen LogP contribution >= 0.6 is 23.7 Å². The zero-order chi connectivity index (χ0) is 14.8. The lowest BCUT2D eigenvalue weighted by Crippen LogP contribution is -2.44. The summed E-state index contributed by atoms with van der Waals surface area (Å²) in [4.78, 5) is 16.8. The van der Waals surface area contributed by atoms with Crippen molar-refractivity contribution in [3.05, 3.63) is 46.5 Å². The van der Waals surface area contributed by atoms with Crippen LogP contribution in [0.5, 0.6) is 0 Å². The molecule has 0 aliphatic carbocycles. The summed E-state index contributed by atoms with van der Waals surface area (Å²) in [5.41, 5.74) is 3.55. The molecule has 0 saturated heterocycles. The van der Waals surface area contributed by atoms with Gasteiger partial charge >= 0.3 is 0 Å². The molecule has 2 heterocycles. The quantitative estimate of drug-likeness (QED) is 0.903. The van der Waals surface area contributed by atoms with Crippen LogP contribution < -0.4 is 10.6 Å². The standard InChI is InChI=1S/C16H19N3OS.ClH/c1-10(2)14-9-21-16(18-14)19-15(20)13-7-11-5-3-4-6-12(11)8-17-13;/h3-6,9-10,13,17H,7-8H2,1-2H3,(H,18,19,20);1H. The summed E-state index contributed by atoms with van der Waals surface area (Å²) in [7, 11) is 0. The van der Waals surface area contributed by atoms with Crippen molar-refractivity contribution in [1.82, 2.24) is 10.3 Å². The second-order valence-electron chi connectivity index (χ2n) is 5.63. The number of fused-ring (bicyclic) bond motifs is 1. The number of halogens is 1. The minimum atomic E-state index is -0.189. The van der Waals surface area contributed by atoms with Crippen LogP contribution in [0.25, 0.3) is 0 Å². The third-order valence-electron chi connectivity index (χ3n) is 3.74. The van der Waals surface area contributed by atoms with Gasteiger partial charge in [-0.05, 0) is 23.5 Å². The molecule has 1 amide bonds. The maximum atomic E-state index is 12.3. The fourth-order valence-electron chi connectivity index (χ4n) is 2.44. The second kappa shape index (κ2) is 7.22. The van der Waals surface area contributed by atoms with Gasteiger partial charge in [-0.3, -0.25) is 4.79 Å². The zero-order valence-corrected chi connectivity index (χ0v) is 14.3. The summed E-state index contributed by atoms with van der Waals surface area (Å²) in [6.07, 6.45) is 0.727. The predicted octanol–water partition coefficient (Wildman–Crippen LogP) is 3.34. The molecule has 118 valence electrons. The van der Waals surface area contributed by atoms with Gasteiger partial charge in [-0.25, -0.2) is 4.98 Å². The molecule has 1 aliphatic heterocycles. The molecule has 0 radical (unpaired) electrons. The molecule has 1 aromatic carbocycles. The maximum Gasteiger partial charge on any atom is 0.243 e. The van der Waals surface area contributed by atoms with Gasteiger partial charge in [-0.15, -0.1) is 23.7 Å². The molecule has 1 aliphatic rings. The topological polar surface area (TPSA) is 54.0 Å². The van der Waals surface area contributed by atoms with Crippen LogP contribution in [-0.2, 0) is 17.8 Å². The minimum Gasteiger partial charge on any atom is -0.301 e. The Kier molecular flexibility index (Phi) is 5.56. The van der Waals surface area contributed by atoms with Crippen molar-refractivity contribution in [1.29, 1.82) is 0 Å². The van der Waals surface area contributed by atoms with Gasteiger partial charge in [0.2, 0.25) is 5.91 Å². The Morgan fingerprint density at radius 1 is 1.36 bits per heavy atom. The number of hydrogen-bond donors (Lipinski definition) is 2.